The first-order chi connectivity index (χ1) is 25.2. The van der Waals surface area contributed by atoms with Crippen LogP contribution in [0.3, 0.4) is 0 Å². The molecule has 0 fully saturated rings. The van der Waals surface area contributed by atoms with E-state index in [9.17, 15) is 0 Å². The molecule has 3 unspecified atom stereocenters. The van der Waals surface area contributed by atoms with E-state index in [2.05, 4.69) is 210 Å². The van der Waals surface area contributed by atoms with Crippen LogP contribution in [0.15, 0.2) is 133 Å². The summed E-state index contributed by atoms with van der Waals surface area (Å²) in [7, 11) is -4.11. The van der Waals surface area contributed by atoms with Gasteiger partial charge in [-0.15, -0.1) is 0 Å². The topological polar surface area (TPSA) is 0 Å². The Morgan fingerprint density at radius 2 is 0.887 bits per heavy atom. The number of rotatable bonds is 16. The highest BCUT2D eigenvalue weighted by atomic mass is 28.3. The van der Waals surface area contributed by atoms with Crippen molar-refractivity contribution in [3.63, 3.8) is 0 Å². The first kappa shape index (κ1) is 40.7. The van der Waals surface area contributed by atoms with Crippen molar-refractivity contribution in [3.05, 3.63) is 150 Å². The van der Waals surface area contributed by atoms with Crippen molar-refractivity contribution >= 4 is 42.8 Å². The van der Waals surface area contributed by atoms with E-state index in [-0.39, 0.29) is 20.9 Å². The second kappa shape index (κ2) is 16.5. The maximum absolute atomic E-state index is 2.58. The average molecular weight is 737 g/mol. The number of benzene rings is 5. The molecule has 0 aromatic heterocycles. The minimum Gasteiger partial charge on any atom is -0.0651 e. The van der Waals surface area contributed by atoms with E-state index in [4.69, 9.17) is 0 Å². The lowest BCUT2D eigenvalue weighted by Crippen LogP contribution is -2.72. The van der Waals surface area contributed by atoms with Crippen molar-refractivity contribution in [1.29, 1.82) is 0 Å². The molecule has 0 nitrogen and oxygen atoms in total. The molecule has 5 rings (SSSR count). The van der Waals surface area contributed by atoms with Crippen LogP contribution >= 0.6 is 0 Å². The molecule has 0 amide bonds. The summed E-state index contributed by atoms with van der Waals surface area (Å²) in [6.45, 7) is 26.6. The molecule has 0 radical (unpaired) electrons. The van der Waals surface area contributed by atoms with Gasteiger partial charge >= 0.3 is 0 Å². The van der Waals surface area contributed by atoms with E-state index in [1.54, 1.807) is 10.4 Å². The highest BCUT2D eigenvalue weighted by molar-refractivity contribution is 7.13. The highest BCUT2D eigenvalue weighted by Gasteiger charge is 2.51. The molecule has 5 aromatic rings. The standard InChI is InChI=1S/C51H68Si2/c1-12-48(6,7)41-29-33-44(34-30-41)52(43-23-19-17-20-24-43)51(11,16-5)39-40-27-35-46(36-28-40)53(49(8,9)13-2,45-25-21-18-22-26-45)47-37-31-42(32-38-47)50(10,14-3)15-4/h17-38,52H,12-16,39H2,1-11H3. The van der Waals surface area contributed by atoms with Gasteiger partial charge in [0.2, 0.25) is 0 Å². The van der Waals surface area contributed by atoms with Gasteiger partial charge in [-0.25, -0.2) is 0 Å². The largest absolute Gasteiger partial charge is 0.153 e. The predicted octanol–water partition coefficient (Wildman–Crippen LogP) is 10.9. The second-order valence-electron chi connectivity index (χ2n) is 17.8. The van der Waals surface area contributed by atoms with Gasteiger partial charge in [0.05, 0.1) is 0 Å². The lowest BCUT2D eigenvalue weighted by molar-refractivity contribution is 0.439. The Bertz CT molecular complexity index is 1870. The molecule has 0 saturated carbocycles. The molecule has 0 N–H and O–H groups in total. The summed E-state index contributed by atoms with van der Waals surface area (Å²) in [4.78, 5) is 0. The molecule has 0 aliphatic rings. The SMILES string of the molecule is CCC(C)(C)c1ccc([SiH](c2ccccc2)C(C)(CC)Cc2ccc([Si](c3ccccc3)(c3ccc(C(C)(CC)CC)cc3)C(C)(C)CC)cc2)cc1. The smallest absolute Gasteiger partial charge is 0.0651 e. The van der Waals surface area contributed by atoms with Gasteiger partial charge in [-0.2, -0.15) is 0 Å². The monoisotopic (exact) mass is 736 g/mol. The van der Waals surface area contributed by atoms with Gasteiger partial charge in [-0.3, -0.25) is 0 Å². The predicted molar refractivity (Wildman–Crippen MR) is 241 cm³/mol. The van der Waals surface area contributed by atoms with Crippen LogP contribution in [0.2, 0.25) is 10.1 Å². The van der Waals surface area contributed by atoms with Gasteiger partial charge in [-0.05, 0) is 78.8 Å². The van der Waals surface area contributed by atoms with E-state index in [1.807, 2.05) is 0 Å². The van der Waals surface area contributed by atoms with Crippen LogP contribution in [0.4, 0.5) is 0 Å². The van der Waals surface area contributed by atoms with E-state index < -0.39 is 16.9 Å². The average Bonchev–Trinajstić information content (AvgIpc) is 3.19. The Kier molecular flexibility index (Phi) is 12.7. The summed E-state index contributed by atoms with van der Waals surface area (Å²) < 4.78 is 0. The third-order valence-corrected chi connectivity index (χ3v) is 24.3. The van der Waals surface area contributed by atoms with Gasteiger partial charge in [0.25, 0.3) is 0 Å². The number of hydrogen-bond acceptors (Lipinski definition) is 0. The zero-order chi connectivity index (χ0) is 38.5. The Labute approximate surface area is 327 Å². The summed E-state index contributed by atoms with van der Waals surface area (Å²) >= 11 is 0. The van der Waals surface area contributed by atoms with Crippen LogP contribution in [0, 0.1) is 0 Å². The summed E-state index contributed by atoms with van der Waals surface area (Å²) in [5.41, 5.74) is 4.76. The molecule has 5 aromatic carbocycles. The molecular formula is C51H68Si2. The molecule has 3 atom stereocenters. The fourth-order valence-electron chi connectivity index (χ4n) is 9.15. The van der Waals surface area contributed by atoms with Crippen LogP contribution in [0.25, 0.3) is 0 Å². The quantitative estimate of drug-likeness (QED) is 0.0699. The van der Waals surface area contributed by atoms with Crippen LogP contribution in [-0.2, 0) is 17.3 Å². The van der Waals surface area contributed by atoms with E-state index in [0.29, 0.717) is 0 Å². The lowest BCUT2D eigenvalue weighted by Gasteiger charge is -2.46. The van der Waals surface area contributed by atoms with E-state index in [1.165, 1.54) is 32.3 Å². The summed E-state index contributed by atoms with van der Waals surface area (Å²) in [6, 6.07) is 52.9. The molecule has 0 spiro atoms. The molecule has 53 heavy (non-hydrogen) atoms. The first-order valence-corrected chi connectivity index (χ1v) is 24.4. The molecule has 0 heterocycles. The molecule has 2 heteroatoms. The first-order valence-electron chi connectivity index (χ1n) is 20.7. The van der Waals surface area contributed by atoms with Crippen LogP contribution < -0.4 is 25.9 Å². The van der Waals surface area contributed by atoms with Gasteiger partial charge < -0.3 is 0 Å². The number of hydrogen-bond donors (Lipinski definition) is 0. The third-order valence-electron chi connectivity index (χ3n) is 14.2. The van der Waals surface area contributed by atoms with Crippen molar-refractivity contribution in [2.24, 2.45) is 0 Å². The van der Waals surface area contributed by atoms with Crippen LogP contribution in [0.1, 0.15) is 125 Å². The van der Waals surface area contributed by atoms with Gasteiger partial charge in [-0.1, -0.05) is 233 Å². The summed E-state index contributed by atoms with van der Waals surface area (Å²) in [5.74, 6) is 0. The summed E-state index contributed by atoms with van der Waals surface area (Å²) in [6.07, 6.45) is 6.79. The van der Waals surface area contributed by atoms with Crippen LogP contribution in [0.5, 0.6) is 0 Å². The van der Waals surface area contributed by atoms with Crippen molar-refractivity contribution in [2.45, 2.75) is 136 Å². The van der Waals surface area contributed by atoms with Crippen LogP contribution in [-0.4, -0.2) is 16.9 Å². The highest BCUT2D eigenvalue weighted by Crippen LogP contribution is 2.42. The molecule has 0 aliphatic heterocycles. The Hall–Kier alpha value is -3.47. The Morgan fingerprint density at radius 1 is 0.434 bits per heavy atom. The van der Waals surface area contributed by atoms with E-state index >= 15 is 0 Å². The molecule has 0 aliphatic carbocycles. The van der Waals surface area contributed by atoms with Crippen molar-refractivity contribution in [3.8, 4) is 0 Å². The third kappa shape index (κ3) is 7.87. The summed E-state index contributed by atoms with van der Waals surface area (Å²) in [5, 5.41) is 7.91. The molecule has 280 valence electrons. The van der Waals surface area contributed by atoms with Gasteiger partial charge in [0.15, 0.2) is 8.07 Å². The van der Waals surface area contributed by atoms with Crippen molar-refractivity contribution < 1.29 is 0 Å². The Balaban J connectivity index is 1.61. The maximum Gasteiger partial charge on any atom is 0.153 e. The zero-order valence-corrected chi connectivity index (χ0v) is 37.2. The van der Waals surface area contributed by atoms with Gasteiger partial charge in [0, 0.05) is 0 Å². The van der Waals surface area contributed by atoms with Gasteiger partial charge in [0.1, 0.15) is 8.80 Å². The van der Waals surface area contributed by atoms with E-state index in [0.717, 1.165) is 38.5 Å². The maximum atomic E-state index is 2.58. The normalized spacial score (nSPS) is 15.4. The molecule has 0 saturated heterocycles. The molecule has 0 bridgehead atoms. The van der Waals surface area contributed by atoms with Crippen molar-refractivity contribution in [2.75, 3.05) is 0 Å². The minimum atomic E-state index is -2.49. The Morgan fingerprint density at radius 3 is 1.36 bits per heavy atom. The zero-order valence-electron chi connectivity index (χ0n) is 35.0. The fraction of sp³-hybridized carbons (Fsp3) is 0.412. The minimum absolute atomic E-state index is 0.0952. The van der Waals surface area contributed by atoms with Crippen molar-refractivity contribution in [1.82, 2.24) is 0 Å². The lowest BCUT2D eigenvalue weighted by atomic mass is 9.78. The fourth-order valence-corrected chi connectivity index (χ4v) is 19.1. The molecular weight excluding hydrogens is 669 g/mol. The second-order valence-corrected chi connectivity index (χ2v) is 26.0.